The van der Waals surface area contributed by atoms with Crippen molar-refractivity contribution >= 4 is 5.97 Å². The highest BCUT2D eigenvalue weighted by atomic mass is 16.5. The Morgan fingerprint density at radius 2 is 2.35 bits per heavy atom. The Bertz CT molecular complexity index is 447. The van der Waals surface area contributed by atoms with Crippen LogP contribution in [-0.2, 0) is 17.6 Å². The molecular weight excluding hydrogens is 220 g/mol. The van der Waals surface area contributed by atoms with Crippen LogP contribution >= 0.6 is 0 Å². The first-order chi connectivity index (χ1) is 8.13. The molecule has 17 heavy (non-hydrogen) atoms. The van der Waals surface area contributed by atoms with Crippen molar-refractivity contribution in [2.24, 2.45) is 0 Å². The second kappa shape index (κ2) is 4.65. The maximum Gasteiger partial charge on any atom is 0.303 e. The fourth-order valence-electron chi connectivity index (χ4n) is 2.32. The van der Waals surface area contributed by atoms with Crippen LogP contribution in [0.25, 0.3) is 0 Å². The summed E-state index contributed by atoms with van der Waals surface area (Å²) < 4.78 is 10.9. The van der Waals surface area contributed by atoms with Gasteiger partial charge in [0.1, 0.15) is 11.5 Å². The number of ether oxygens (including phenoxy) is 2. The summed E-state index contributed by atoms with van der Waals surface area (Å²) in [6.07, 6.45) is 1.44. The number of aliphatic carboxylic acids is 1. The molecule has 1 aromatic rings. The van der Waals surface area contributed by atoms with Gasteiger partial charge in [0.25, 0.3) is 0 Å². The molecule has 0 aromatic heterocycles. The zero-order valence-electron chi connectivity index (χ0n) is 10.1. The lowest BCUT2D eigenvalue weighted by atomic mass is 9.97. The van der Waals surface area contributed by atoms with E-state index in [9.17, 15) is 4.79 Å². The Hall–Kier alpha value is -1.71. The summed E-state index contributed by atoms with van der Waals surface area (Å²) >= 11 is 0. The molecule has 0 saturated heterocycles. The lowest BCUT2D eigenvalue weighted by Gasteiger charge is -2.14. The number of benzene rings is 1. The smallest absolute Gasteiger partial charge is 0.303 e. The molecule has 4 heteroatoms. The monoisotopic (exact) mass is 236 g/mol. The average molecular weight is 236 g/mol. The second-order valence-corrected chi connectivity index (χ2v) is 4.17. The van der Waals surface area contributed by atoms with Crippen LogP contribution in [0, 0.1) is 6.92 Å². The molecule has 0 amide bonds. The molecule has 0 unspecified atom stereocenters. The van der Waals surface area contributed by atoms with Gasteiger partial charge in [-0.2, -0.15) is 0 Å². The van der Waals surface area contributed by atoms with Gasteiger partial charge in [0.2, 0.25) is 0 Å². The van der Waals surface area contributed by atoms with Crippen LogP contribution in [-0.4, -0.2) is 24.8 Å². The maximum absolute atomic E-state index is 10.7. The zero-order valence-corrected chi connectivity index (χ0v) is 10.1. The molecule has 0 saturated carbocycles. The minimum Gasteiger partial charge on any atom is -0.496 e. The predicted molar refractivity (Wildman–Crippen MR) is 62.9 cm³/mol. The van der Waals surface area contributed by atoms with Crippen LogP contribution < -0.4 is 9.47 Å². The highest BCUT2D eigenvalue weighted by molar-refractivity contribution is 5.68. The first kappa shape index (κ1) is 11.8. The number of methoxy groups -OCH3 is 1. The molecular formula is C13H16O4. The van der Waals surface area contributed by atoms with E-state index >= 15 is 0 Å². The van der Waals surface area contributed by atoms with Crippen molar-refractivity contribution in [3.8, 4) is 11.5 Å². The Morgan fingerprint density at radius 3 is 3.00 bits per heavy atom. The lowest BCUT2D eigenvalue weighted by Crippen LogP contribution is -2.03. The first-order valence-electron chi connectivity index (χ1n) is 5.67. The van der Waals surface area contributed by atoms with Crippen molar-refractivity contribution in [3.05, 3.63) is 22.8 Å². The normalized spacial score (nSPS) is 13.1. The quantitative estimate of drug-likeness (QED) is 0.868. The topological polar surface area (TPSA) is 55.8 Å². The number of aryl methyl sites for hydroxylation is 1. The van der Waals surface area contributed by atoms with E-state index in [1.54, 1.807) is 7.11 Å². The van der Waals surface area contributed by atoms with Gasteiger partial charge < -0.3 is 14.6 Å². The van der Waals surface area contributed by atoms with Crippen molar-refractivity contribution < 1.29 is 19.4 Å². The van der Waals surface area contributed by atoms with Crippen LogP contribution in [0.5, 0.6) is 11.5 Å². The van der Waals surface area contributed by atoms with Gasteiger partial charge in [-0.25, -0.2) is 0 Å². The molecule has 0 radical (unpaired) electrons. The van der Waals surface area contributed by atoms with E-state index in [2.05, 4.69) is 0 Å². The van der Waals surface area contributed by atoms with Crippen molar-refractivity contribution in [1.29, 1.82) is 0 Å². The van der Waals surface area contributed by atoms with Crippen molar-refractivity contribution in [2.45, 2.75) is 26.2 Å². The largest absolute Gasteiger partial charge is 0.496 e. The van der Waals surface area contributed by atoms with Crippen molar-refractivity contribution in [1.82, 2.24) is 0 Å². The number of carboxylic acids is 1. The van der Waals surface area contributed by atoms with E-state index in [4.69, 9.17) is 14.6 Å². The highest BCUT2D eigenvalue weighted by Crippen LogP contribution is 2.38. The second-order valence-electron chi connectivity index (χ2n) is 4.17. The number of carbonyl (C=O) groups is 1. The summed E-state index contributed by atoms with van der Waals surface area (Å²) in [6.45, 7) is 2.62. The van der Waals surface area contributed by atoms with Gasteiger partial charge in [-0.3, -0.25) is 4.79 Å². The fraction of sp³-hybridized carbons (Fsp3) is 0.462. The van der Waals surface area contributed by atoms with E-state index in [0.29, 0.717) is 13.0 Å². The molecule has 92 valence electrons. The molecule has 0 atom stereocenters. The summed E-state index contributed by atoms with van der Waals surface area (Å²) in [4.78, 5) is 10.7. The van der Waals surface area contributed by atoms with Crippen molar-refractivity contribution in [2.75, 3.05) is 13.7 Å². The third-order valence-corrected chi connectivity index (χ3v) is 3.04. The number of rotatable bonds is 4. The number of carboxylic acid groups (broad SMARTS) is 1. The van der Waals surface area contributed by atoms with Crippen LogP contribution in [0.15, 0.2) is 6.07 Å². The van der Waals surface area contributed by atoms with E-state index in [1.807, 2.05) is 13.0 Å². The zero-order chi connectivity index (χ0) is 12.4. The number of fused-ring (bicyclic) bond motifs is 1. The number of hydrogen-bond acceptors (Lipinski definition) is 3. The van der Waals surface area contributed by atoms with E-state index in [-0.39, 0.29) is 6.42 Å². The molecule has 0 aliphatic carbocycles. The predicted octanol–water partition coefficient (Wildman–Crippen LogP) is 1.96. The van der Waals surface area contributed by atoms with E-state index < -0.39 is 5.97 Å². The van der Waals surface area contributed by atoms with Crippen LogP contribution in [0.3, 0.4) is 0 Å². The molecule has 1 N–H and O–H groups in total. The summed E-state index contributed by atoms with van der Waals surface area (Å²) in [6, 6.07) is 1.96. The summed E-state index contributed by atoms with van der Waals surface area (Å²) in [5.41, 5.74) is 3.09. The van der Waals surface area contributed by atoms with Gasteiger partial charge in [0.05, 0.1) is 13.7 Å². The average Bonchev–Trinajstić information content (AvgIpc) is 2.72. The van der Waals surface area contributed by atoms with Crippen LogP contribution in [0.4, 0.5) is 0 Å². The van der Waals surface area contributed by atoms with E-state index in [0.717, 1.165) is 34.6 Å². The maximum atomic E-state index is 10.7. The van der Waals surface area contributed by atoms with E-state index in [1.165, 1.54) is 0 Å². The van der Waals surface area contributed by atoms with Gasteiger partial charge in [-0.15, -0.1) is 0 Å². The molecule has 4 nitrogen and oxygen atoms in total. The SMILES string of the molecule is COc1c(C)cc2c(c1CCC(=O)O)CCO2. The van der Waals surface area contributed by atoms with Gasteiger partial charge in [0.15, 0.2) is 0 Å². The molecule has 1 aliphatic rings. The lowest BCUT2D eigenvalue weighted by molar-refractivity contribution is -0.136. The third kappa shape index (κ3) is 2.20. The van der Waals surface area contributed by atoms with Crippen LogP contribution in [0.1, 0.15) is 23.1 Å². The highest BCUT2D eigenvalue weighted by Gasteiger charge is 2.22. The molecule has 0 bridgehead atoms. The Labute approximate surface area is 100 Å². The fourth-order valence-corrected chi connectivity index (χ4v) is 2.32. The van der Waals surface area contributed by atoms with Crippen molar-refractivity contribution in [3.63, 3.8) is 0 Å². The molecule has 1 aromatic carbocycles. The Morgan fingerprint density at radius 1 is 1.59 bits per heavy atom. The molecule has 1 heterocycles. The van der Waals surface area contributed by atoms with Crippen LogP contribution in [0.2, 0.25) is 0 Å². The Kier molecular flexibility index (Phi) is 3.22. The molecule has 1 aliphatic heterocycles. The summed E-state index contributed by atoms with van der Waals surface area (Å²) in [5, 5.41) is 8.78. The molecule has 2 rings (SSSR count). The van der Waals surface area contributed by atoms with Gasteiger partial charge in [-0.1, -0.05) is 0 Å². The standard InChI is InChI=1S/C13H16O4/c1-8-7-11-9(5-6-17-11)10(13(8)16-2)3-4-12(14)15/h7H,3-6H2,1-2H3,(H,14,15). The third-order valence-electron chi connectivity index (χ3n) is 3.04. The minimum atomic E-state index is -0.791. The molecule has 0 spiro atoms. The Balaban J connectivity index is 2.42. The van der Waals surface area contributed by atoms with Gasteiger partial charge in [0, 0.05) is 24.0 Å². The summed E-state index contributed by atoms with van der Waals surface area (Å²) in [5.74, 6) is 0.889. The van der Waals surface area contributed by atoms with Gasteiger partial charge >= 0.3 is 5.97 Å². The van der Waals surface area contributed by atoms with Gasteiger partial charge in [-0.05, 0) is 25.0 Å². The first-order valence-corrected chi connectivity index (χ1v) is 5.67. The summed E-state index contributed by atoms with van der Waals surface area (Å²) in [7, 11) is 1.62. The number of hydrogen-bond donors (Lipinski definition) is 1. The minimum absolute atomic E-state index is 0.117. The molecule has 0 fully saturated rings.